The van der Waals surface area contributed by atoms with E-state index in [1.807, 2.05) is 216 Å². The molecule has 7 aromatic carbocycles. The maximum atomic E-state index is 11.9. The molecular weight excluding hydrogens is 1700 g/mol. The van der Waals surface area contributed by atoms with Crippen LogP contribution in [0.2, 0.25) is 77.1 Å². The van der Waals surface area contributed by atoms with Gasteiger partial charge in [-0.15, -0.1) is 0 Å². The van der Waals surface area contributed by atoms with E-state index < -0.39 is 35.1 Å². The van der Waals surface area contributed by atoms with Gasteiger partial charge in [0.05, 0.1) is 113 Å². The van der Waals surface area contributed by atoms with Crippen LogP contribution in [0.1, 0.15) is 67.0 Å². The van der Waals surface area contributed by atoms with E-state index in [1.165, 1.54) is 14.2 Å². The second-order valence-electron chi connectivity index (χ2n) is 36.8. The van der Waals surface area contributed by atoms with Crippen molar-refractivity contribution in [2.45, 2.75) is 171 Å². The largest absolute Gasteiger partial charge is 0.508 e. The Bertz CT molecular complexity index is 5560. The summed E-state index contributed by atoms with van der Waals surface area (Å²) in [6.45, 7) is 34.9. The van der Waals surface area contributed by atoms with Gasteiger partial charge < -0.3 is 76.0 Å². The van der Waals surface area contributed by atoms with Crippen LogP contribution in [0.15, 0.2) is 262 Å². The van der Waals surface area contributed by atoms with Crippen molar-refractivity contribution >= 4 is 36.2 Å². The Labute approximate surface area is 775 Å². The summed E-state index contributed by atoms with van der Waals surface area (Å²) in [6.07, 6.45) is 11.6. The number of aromatic hydroxyl groups is 1. The van der Waals surface area contributed by atoms with Gasteiger partial charge in [0.1, 0.15) is 73.9 Å². The first-order valence-electron chi connectivity index (χ1n) is 44.1. The van der Waals surface area contributed by atoms with Crippen molar-refractivity contribution in [3.8, 4) is 90.9 Å². The van der Waals surface area contributed by atoms with Crippen molar-refractivity contribution in [1.82, 2.24) is 43.6 Å². The predicted octanol–water partition coefficient (Wildman–Crippen LogP) is 22.0. The number of rotatable bonds is 43. The maximum absolute atomic E-state index is 11.9. The Morgan fingerprint density at radius 1 is 0.344 bits per heavy atom. The van der Waals surface area contributed by atoms with Crippen LogP contribution in [0.25, 0.3) is 67.9 Å². The Morgan fingerprint density at radius 3 is 0.947 bits per heavy atom. The van der Waals surface area contributed by atoms with Crippen molar-refractivity contribution in [3.05, 3.63) is 301 Å². The summed E-state index contributed by atoms with van der Waals surface area (Å²) in [6, 6.07) is 76.5. The summed E-state index contributed by atoms with van der Waals surface area (Å²) >= 11 is 0. The minimum absolute atomic E-state index is 0.181. The number of hydrogen-bond acceptors (Lipinski definition) is 21. The van der Waals surface area contributed by atoms with Gasteiger partial charge in [-0.3, -0.25) is 24.5 Å². The first kappa shape index (κ1) is 101. The van der Waals surface area contributed by atoms with Gasteiger partial charge in [0.15, 0.2) is 0 Å². The molecule has 0 fully saturated rings. The van der Waals surface area contributed by atoms with Gasteiger partial charge >= 0.3 is 11.9 Å². The van der Waals surface area contributed by atoms with Crippen LogP contribution in [-0.4, -0.2) is 144 Å². The van der Waals surface area contributed by atoms with Crippen LogP contribution in [0.5, 0.6) is 23.0 Å². The molecule has 0 saturated heterocycles. The first-order valence-corrected chi connectivity index (χ1v) is 55.3. The fraction of sp³-hybridized carbons (Fsp3) is 0.346. The summed E-state index contributed by atoms with van der Waals surface area (Å²) < 4.78 is 68.4. The smallest absolute Gasteiger partial charge is 0.314 e. The number of esters is 2. The fourth-order valence-electron chi connectivity index (χ4n) is 12.8. The van der Waals surface area contributed by atoms with Gasteiger partial charge in [0, 0.05) is 115 Å². The van der Waals surface area contributed by atoms with E-state index in [0.717, 1.165) is 157 Å². The summed E-state index contributed by atoms with van der Waals surface area (Å²) in [5, 5.41) is 18.1. The van der Waals surface area contributed by atoms with E-state index in [0.29, 0.717) is 72.2 Å². The quantitative estimate of drug-likeness (QED) is 0.0204. The van der Waals surface area contributed by atoms with Gasteiger partial charge in [0.25, 0.3) is 0 Å². The molecule has 0 unspecified atom stereocenters. The van der Waals surface area contributed by atoms with Crippen LogP contribution < -0.4 is 14.2 Å². The normalized spacial score (nSPS) is 11.6. The average molecular weight is 1830 g/mol. The molecule has 6 aromatic heterocycles. The molecule has 27 heteroatoms. The molecule has 0 aliphatic carbocycles. The third-order valence-electron chi connectivity index (χ3n) is 20.8. The van der Waals surface area contributed by atoms with Crippen molar-refractivity contribution in [1.29, 1.82) is 0 Å². The molecule has 0 radical (unpaired) electrons. The molecule has 13 rings (SSSR count). The molecule has 0 aliphatic rings. The lowest BCUT2D eigenvalue weighted by Crippen LogP contribution is -2.32. The van der Waals surface area contributed by atoms with Crippen LogP contribution in [0, 0.1) is 10.8 Å². The third kappa shape index (κ3) is 34.1. The zero-order chi connectivity index (χ0) is 93.8. The van der Waals surface area contributed by atoms with Crippen LogP contribution >= 0.6 is 0 Å². The molecular formula is C104H129N9O15Si3. The summed E-state index contributed by atoms with van der Waals surface area (Å²) in [4.78, 5) is 51.4. The number of phenols is 1. The second-order valence-corrected chi connectivity index (χ2v) is 53.6. The SMILES string of the molecule is COC(=O)C(C)(C)CO.COC(=O)C(C)(C)COc1ccc(-c2ccc(-c3nc(COCc4ccccc4)cn3COCC[Si](C)(C)C)cn2)cc1.COc1ccc(COc2ccc(-c3ccc(-c4nc(COCc5ccccc5)cn4COCC[Si](C)(C)C)cn3)cc2)cc1.C[Si](C)(C)CCOCn1cc(COCc2ccccc2)nc1-c1ccc(-c2ccc(O)cc2)nc1. The highest BCUT2D eigenvalue weighted by Gasteiger charge is 2.31. The lowest BCUT2D eigenvalue weighted by molar-refractivity contribution is -0.153. The van der Waals surface area contributed by atoms with Gasteiger partial charge in [-0.1, -0.05) is 162 Å². The van der Waals surface area contributed by atoms with Crippen LogP contribution in [-0.2, 0) is 114 Å². The Hall–Kier alpha value is -11.9. The highest BCUT2D eigenvalue weighted by atomic mass is 28.3. The molecule has 0 amide bonds. The summed E-state index contributed by atoms with van der Waals surface area (Å²) in [7, 11) is 0.835. The molecule has 24 nitrogen and oxygen atoms in total. The highest BCUT2D eigenvalue weighted by Crippen LogP contribution is 2.32. The van der Waals surface area contributed by atoms with Gasteiger partial charge in [-0.05, 0) is 189 Å². The number of carbonyl (C=O) groups is 2. The Kier molecular flexibility index (Phi) is 38.6. The van der Waals surface area contributed by atoms with E-state index in [2.05, 4.69) is 116 Å². The number of pyridine rings is 3. The number of nitrogens with zero attached hydrogens (tertiary/aromatic N) is 9. The number of ether oxygens (including phenoxy) is 11. The first-order chi connectivity index (χ1) is 62.8. The molecule has 0 bridgehead atoms. The zero-order valence-corrected chi connectivity index (χ0v) is 81.8. The van der Waals surface area contributed by atoms with Gasteiger partial charge in [0.2, 0.25) is 0 Å². The minimum Gasteiger partial charge on any atom is -0.508 e. The molecule has 13 aromatic rings. The number of imidazole rings is 3. The summed E-state index contributed by atoms with van der Waals surface area (Å²) in [5.41, 5.74) is 13.8. The molecule has 0 aliphatic heterocycles. The topological polar surface area (TPSA) is 268 Å². The average Bonchev–Trinajstić information content (AvgIpc) is 1.72. The Morgan fingerprint density at radius 2 is 0.649 bits per heavy atom. The molecule has 0 saturated carbocycles. The number of aliphatic hydroxyl groups is 1. The van der Waals surface area contributed by atoms with E-state index in [1.54, 1.807) is 46.9 Å². The highest BCUT2D eigenvalue weighted by molar-refractivity contribution is 6.76. The Balaban J connectivity index is 0.000000195. The number of carbonyl (C=O) groups excluding carboxylic acids is 2. The van der Waals surface area contributed by atoms with E-state index >= 15 is 0 Å². The minimum atomic E-state index is -1.19. The monoisotopic (exact) mass is 1830 g/mol. The maximum Gasteiger partial charge on any atom is 0.314 e. The van der Waals surface area contributed by atoms with Crippen molar-refractivity contribution in [2.24, 2.45) is 10.8 Å². The molecule has 0 spiro atoms. The number of aliphatic hydroxyl groups excluding tert-OH is 1. The molecule has 692 valence electrons. The standard InChI is InChI=1S/C36H41N3O4Si.C34H43N3O5Si.C28H33N3O3Si.C6H12O3/c1-40-33-15-10-29(11-16-33)25-43-34-17-12-30(13-18-34)35-19-14-31(22-37-35)36-38-32(26-42-24-28-8-6-5-7-9-28)23-39(36)27-41-20-21-44(2,3)4;1-34(2,33(38)39-3)24-42-30-15-12-27(13-16-30)31-17-14-28(20-35-31)32-36-29(23-41-22-26-10-8-7-9-11-26)21-37(32)25-40-18-19-43(4,5)6;1-35(2,3)16-15-33-21-31-18-25(20-34-19-22-7-5-4-6-8-22)30-28(31)24-11-14-27(29-17-24)23-9-12-26(32)13-10-23;1-6(2,4-7)5(8)9-3/h5-19,22-23H,20-21,24-27H2,1-4H3;7-17,20-21H,18-19,22-25H2,1-6H3;4-14,17-18,32H,15-16,19-21H2,1-3H3;7H,4H2,1-3H3. The molecule has 0 atom stereocenters. The van der Waals surface area contributed by atoms with Crippen LogP contribution in [0.4, 0.5) is 0 Å². The lowest BCUT2D eigenvalue weighted by atomic mass is 9.95. The molecule has 131 heavy (non-hydrogen) atoms. The number of benzene rings is 7. The summed E-state index contributed by atoms with van der Waals surface area (Å²) in [5.74, 6) is 4.28. The molecule has 2 N–H and O–H groups in total. The van der Waals surface area contributed by atoms with E-state index in [4.69, 9.17) is 77.4 Å². The van der Waals surface area contributed by atoms with Crippen molar-refractivity contribution in [2.75, 3.05) is 54.4 Å². The lowest BCUT2D eigenvalue weighted by Gasteiger charge is -2.21. The fourth-order valence-corrected chi connectivity index (χ4v) is 15.0. The molecule has 6 heterocycles. The van der Waals surface area contributed by atoms with Gasteiger partial charge in [-0.25, -0.2) is 15.0 Å². The van der Waals surface area contributed by atoms with Crippen molar-refractivity contribution < 1.29 is 71.9 Å². The number of aromatic nitrogens is 9. The second kappa shape index (κ2) is 49.9. The number of phenolic OH excluding ortho intramolecular Hbond substituents is 1. The van der Waals surface area contributed by atoms with E-state index in [9.17, 15) is 14.7 Å². The number of hydrogen-bond donors (Lipinski definition) is 2. The predicted molar refractivity (Wildman–Crippen MR) is 523 cm³/mol. The van der Waals surface area contributed by atoms with Crippen molar-refractivity contribution in [3.63, 3.8) is 0 Å². The van der Waals surface area contributed by atoms with Crippen LogP contribution in [0.3, 0.4) is 0 Å². The third-order valence-corrected chi connectivity index (χ3v) is 25.9. The van der Waals surface area contributed by atoms with Gasteiger partial charge in [-0.2, -0.15) is 0 Å². The van der Waals surface area contributed by atoms with E-state index in [-0.39, 0.29) is 30.9 Å². The zero-order valence-electron chi connectivity index (χ0n) is 78.8. The number of methoxy groups -OCH3 is 3.